The molecule has 1 aliphatic heterocycles. The Balaban J connectivity index is 1.83. The van der Waals surface area contributed by atoms with Gasteiger partial charge in [-0.25, -0.2) is 9.78 Å². The highest BCUT2D eigenvalue weighted by Crippen LogP contribution is 2.35. The molecule has 110 valence electrons. The van der Waals surface area contributed by atoms with Crippen LogP contribution < -0.4 is 4.90 Å². The molecule has 0 spiro atoms. The second-order valence-electron chi connectivity index (χ2n) is 5.22. The number of carbonyl (C=O) groups is 1. The molecule has 0 N–H and O–H groups in total. The topological polar surface area (TPSA) is 51.7 Å². The van der Waals surface area contributed by atoms with Gasteiger partial charge >= 0.3 is 5.97 Å². The summed E-state index contributed by atoms with van der Waals surface area (Å²) in [5.74, 6) is -0.316. The fourth-order valence-electron chi connectivity index (χ4n) is 3.06. The standard InChI is InChI=1S/C14H20N2O3S/c1-3-18-13(17)12-9(2)20-14(15-12)16-7-8-19-11-6-4-5-10(11)16/h10-11H,3-8H2,1-2H3. The van der Waals surface area contributed by atoms with Crippen molar-refractivity contribution in [3.8, 4) is 0 Å². The van der Waals surface area contributed by atoms with Crippen LogP contribution in [0.4, 0.5) is 5.13 Å². The van der Waals surface area contributed by atoms with Gasteiger partial charge in [-0.2, -0.15) is 0 Å². The van der Waals surface area contributed by atoms with E-state index in [1.54, 1.807) is 11.3 Å². The highest BCUT2D eigenvalue weighted by Gasteiger charge is 2.37. The second kappa shape index (κ2) is 5.69. The first kappa shape index (κ1) is 13.8. The Bertz CT molecular complexity index is 503. The van der Waals surface area contributed by atoms with Crippen LogP contribution in [0, 0.1) is 6.92 Å². The van der Waals surface area contributed by atoms with Crippen LogP contribution >= 0.6 is 11.3 Å². The largest absolute Gasteiger partial charge is 0.461 e. The number of anilines is 1. The number of carbonyl (C=O) groups excluding carboxylic acids is 1. The van der Waals surface area contributed by atoms with Crippen LogP contribution in [0.1, 0.15) is 41.6 Å². The number of ether oxygens (including phenoxy) is 2. The van der Waals surface area contributed by atoms with E-state index in [4.69, 9.17) is 9.47 Å². The van der Waals surface area contributed by atoms with E-state index in [-0.39, 0.29) is 5.97 Å². The van der Waals surface area contributed by atoms with E-state index < -0.39 is 0 Å². The normalized spacial score (nSPS) is 25.6. The summed E-state index contributed by atoms with van der Waals surface area (Å²) in [4.78, 5) is 19.6. The van der Waals surface area contributed by atoms with Gasteiger partial charge in [0.05, 0.1) is 25.4 Å². The molecule has 0 radical (unpaired) electrons. The molecule has 2 atom stereocenters. The molecule has 2 heterocycles. The third-order valence-electron chi connectivity index (χ3n) is 3.98. The first-order valence-electron chi connectivity index (χ1n) is 7.23. The van der Waals surface area contributed by atoms with Crippen LogP contribution in [-0.2, 0) is 9.47 Å². The predicted molar refractivity (Wildman–Crippen MR) is 77.5 cm³/mol. The lowest BCUT2D eigenvalue weighted by Crippen LogP contribution is -2.48. The number of esters is 1. The number of morpholine rings is 1. The van der Waals surface area contributed by atoms with E-state index in [0.717, 1.165) is 36.0 Å². The monoisotopic (exact) mass is 296 g/mol. The van der Waals surface area contributed by atoms with Gasteiger partial charge in [0.1, 0.15) is 0 Å². The smallest absolute Gasteiger partial charge is 0.358 e. The summed E-state index contributed by atoms with van der Waals surface area (Å²) in [5, 5.41) is 0.936. The highest BCUT2D eigenvalue weighted by atomic mass is 32.1. The minimum absolute atomic E-state index is 0.316. The lowest BCUT2D eigenvalue weighted by molar-refractivity contribution is 0.0256. The number of rotatable bonds is 3. The third kappa shape index (κ3) is 2.42. The van der Waals surface area contributed by atoms with Gasteiger partial charge in [-0.3, -0.25) is 0 Å². The van der Waals surface area contributed by atoms with Crippen molar-refractivity contribution >= 4 is 22.4 Å². The zero-order valence-electron chi connectivity index (χ0n) is 11.9. The molecule has 0 aromatic carbocycles. The Morgan fingerprint density at radius 3 is 3.20 bits per heavy atom. The van der Waals surface area contributed by atoms with E-state index in [9.17, 15) is 4.79 Å². The molecule has 1 aromatic heterocycles. The van der Waals surface area contributed by atoms with Crippen LogP contribution in [0.3, 0.4) is 0 Å². The Labute approximate surface area is 122 Å². The van der Waals surface area contributed by atoms with Crippen molar-refractivity contribution in [1.82, 2.24) is 4.98 Å². The third-order valence-corrected chi connectivity index (χ3v) is 4.99. The molecule has 3 rings (SSSR count). The quantitative estimate of drug-likeness (QED) is 0.802. The molecule has 20 heavy (non-hydrogen) atoms. The number of fused-ring (bicyclic) bond motifs is 1. The average Bonchev–Trinajstić information content (AvgIpc) is 3.04. The van der Waals surface area contributed by atoms with Crippen molar-refractivity contribution in [2.24, 2.45) is 0 Å². The summed E-state index contributed by atoms with van der Waals surface area (Å²) in [5.41, 5.74) is 0.466. The van der Waals surface area contributed by atoms with Crippen LogP contribution in [0.5, 0.6) is 0 Å². The number of aromatic nitrogens is 1. The molecule has 5 nitrogen and oxygen atoms in total. The van der Waals surface area contributed by atoms with Crippen molar-refractivity contribution in [3.63, 3.8) is 0 Å². The first-order valence-corrected chi connectivity index (χ1v) is 8.05. The SMILES string of the molecule is CCOC(=O)c1nc(N2CCOC3CCCC32)sc1C. The number of hydrogen-bond acceptors (Lipinski definition) is 6. The molecule has 1 saturated carbocycles. The fourth-order valence-corrected chi connectivity index (χ4v) is 4.04. The van der Waals surface area contributed by atoms with Crippen molar-refractivity contribution in [3.05, 3.63) is 10.6 Å². The number of aryl methyl sites for hydroxylation is 1. The molecular weight excluding hydrogens is 276 g/mol. The van der Waals surface area contributed by atoms with Crippen molar-refractivity contribution in [2.45, 2.75) is 45.3 Å². The van der Waals surface area contributed by atoms with Crippen LogP contribution in [-0.4, -0.2) is 42.9 Å². The molecule has 1 aromatic rings. The summed E-state index contributed by atoms with van der Waals surface area (Å²) in [7, 11) is 0. The highest BCUT2D eigenvalue weighted by molar-refractivity contribution is 7.15. The van der Waals surface area contributed by atoms with Gasteiger partial charge in [0.15, 0.2) is 10.8 Å². The molecule has 2 aliphatic rings. The average molecular weight is 296 g/mol. The maximum atomic E-state index is 11.9. The minimum Gasteiger partial charge on any atom is -0.461 e. The van der Waals surface area contributed by atoms with Gasteiger partial charge in [-0.05, 0) is 33.1 Å². The maximum absolute atomic E-state index is 11.9. The van der Waals surface area contributed by atoms with Gasteiger partial charge in [0, 0.05) is 11.4 Å². The summed E-state index contributed by atoms with van der Waals surface area (Å²) < 4.78 is 10.9. The molecule has 0 amide bonds. The molecule has 2 fully saturated rings. The summed E-state index contributed by atoms with van der Waals surface area (Å²) in [6, 6.07) is 0.421. The van der Waals surface area contributed by atoms with Crippen molar-refractivity contribution in [2.75, 3.05) is 24.7 Å². The zero-order chi connectivity index (χ0) is 14.1. The number of hydrogen-bond donors (Lipinski definition) is 0. The van der Waals surface area contributed by atoms with Crippen LogP contribution in [0.2, 0.25) is 0 Å². The Hall–Kier alpha value is -1.14. The summed E-state index contributed by atoms with van der Waals surface area (Å²) in [6.07, 6.45) is 3.83. The number of nitrogens with zero attached hydrogens (tertiary/aromatic N) is 2. The van der Waals surface area contributed by atoms with Gasteiger partial charge in [0.25, 0.3) is 0 Å². The van der Waals surface area contributed by atoms with Crippen molar-refractivity contribution < 1.29 is 14.3 Å². The van der Waals surface area contributed by atoms with Gasteiger partial charge < -0.3 is 14.4 Å². The fraction of sp³-hybridized carbons (Fsp3) is 0.714. The van der Waals surface area contributed by atoms with E-state index in [1.807, 2.05) is 13.8 Å². The lowest BCUT2D eigenvalue weighted by atomic mass is 10.1. The van der Waals surface area contributed by atoms with Gasteiger partial charge in [-0.1, -0.05) is 0 Å². The Morgan fingerprint density at radius 2 is 2.40 bits per heavy atom. The van der Waals surface area contributed by atoms with E-state index in [0.29, 0.717) is 24.4 Å². The Kier molecular flexibility index (Phi) is 3.94. The van der Waals surface area contributed by atoms with Crippen LogP contribution in [0.25, 0.3) is 0 Å². The number of thiazole rings is 1. The van der Waals surface area contributed by atoms with Crippen molar-refractivity contribution in [1.29, 1.82) is 0 Å². The first-order chi connectivity index (χ1) is 9.70. The summed E-state index contributed by atoms with van der Waals surface area (Å²) >= 11 is 1.58. The molecule has 1 saturated heterocycles. The predicted octanol–water partition coefficient (Wildman–Crippen LogP) is 2.39. The van der Waals surface area contributed by atoms with Crippen LogP contribution in [0.15, 0.2) is 0 Å². The zero-order valence-corrected chi connectivity index (χ0v) is 12.7. The molecule has 6 heteroatoms. The Morgan fingerprint density at radius 1 is 1.55 bits per heavy atom. The second-order valence-corrected chi connectivity index (χ2v) is 6.40. The molecular formula is C14H20N2O3S. The molecule has 2 unspecified atom stereocenters. The van der Waals surface area contributed by atoms with E-state index in [2.05, 4.69) is 9.88 Å². The maximum Gasteiger partial charge on any atom is 0.358 e. The van der Waals surface area contributed by atoms with E-state index in [1.165, 1.54) is 6.42 Å². The molecule has 1 aliphatic carbocycles. The van der Waals surface area contributed by atoms with Gasteiger partial charge in [0.2, 0.25) is 0 Å². The van der Waals surface area contributed by atoms with Gasteiger partial charge in [-0.15, -0.1) is 11.3 Å². The summed E-state index contributed by atoms with van der Waals surface area (Å²) in [6.45, 7) is 5.73. The minimum atomic E-state index is -0.316. The lowest BCUT2D eigenvalue weighted by Gasteiger charge is -2.37. The molecule has 0 bridgehead atoms. The van der Waals surface area contributed by atoms with E-state index >= 15 is 0 Å².